The summed E-state index contributed by atoms with van der Waals surface area (Å²) < 4.78 is 1.68. The number of nitrogens with zero attached hydrogens (tertiary/aromatic N) is 3. The summed E-state index contributed by atoms with van der Waals surface area (Å²) in [6.45, 7) is 5.49. The Morgan fingerprint density at radius 2 is 1.97 bits per heavy atom. The number of Topliss-reactive ketones (excluding diaryl/α,β-unsaturated/α-hetero) is 1. The lowest BCUT2D eigenvalue weighted by molar-refractivity contribution is -0.121. The van der Waals surface area contributed by atoms with Crippen LogP contribution in [0.2, 0.25) is 0 Å². The fourth-order valence-corrected chi connectivity index (χ4v) is 5.52. The minimum absolute atomic E-state index is 0.102. The Balaban J connectivity index is 1.67. The molecule has 4 heterocycles. The smallest absolute Gasteiger partial charge is 0.256 e. The molecule has 0 radical (unpaired) electrons. The second-order valence-electron chi connectivity index (χ2n) is 8.75. The standard InChI is InChI=1S/C24H25N5O3/c1-13-19(14(2)26-20(13)15(3)30)22(31)29-10-9-24(21(29)16-11-25-28(4)12-16)17-7-5-6-8-18(17)27-23(24)32/h5-8,11-12,21,26H,9-10H2,1-4H3,(H,27,32). The van der Waals surface area contributed by atoms with Crippen LogP contribution in [0.5, 0.6) is 0 Å². The Hall–Kier alpha value is -3.68. The van der Waals surface area contributed by atoms with Crippen LogP contribution in [-0.2, 0) is 17.3 Å². The number of anilines is 1. The first-order chi connectivity index (χ1) is 15.3. The number of hydrogen-bond donors (Lipinski definition) is 2. The third-order valence-electron chi connectivity index (χ3n) is 6.89. The van der Waals surface area contributed by atoms with Gasteiger partial charge in [-0.3, -0.25) is 19.1 Å². The average molecular weight is 431 g/mol. The summed E-state index contributed by atoms with van der Waals surface area (Å²) in [5, 5.41) is 7.34. The lowest BCUT2D eigenvalue weighted by Crippen LogP contribution is -2.42. The van der Waals surface area contributed by atoms with Crippen LogP contribution < -0.4 is 5.32 Å². The van der Waals surface area contributed by atoms with E-state index in [9.17, 15) is 14.4 Å². The van der Waals surface area contributed by atoms with E-state index in [0.717, 1.165) is 16.8 Å². The molecule has 0 bridgehead atoms. The summed E-state index contributed by atoms with van der Waals surface area (Å²) in [6, 6.07) is 7.16. The van der Waals surface area contributed by atoms with Gasteiger partial charge in [-0.25, -0.2) is 0 Å². The van der Waals surface area contributed by atoms with Crippen LogP contribution in [-0.4, -0.2) is 43.8 Å². The first kappa shape index (κ1) is 20.2. The maximum Gasteiger partial charge on any atom is 0.256 e. The van der Waals surface area contributed by atoms with Gasteiger partial charge in [-0.05, 0) is 37.5 Å². The molecular weight excluding hydrogens is 406 g/mol. The van der Waals surface area contributed by atoms with Gasteiger partial charge in [-0.2, -0.15) is 5.10 Å². The second kappa shape index (κ2) is 6.91. The van der Waals surface area contributed by atoms with Crippen molar-refractivity contribution in [1.29, 1.82) is 0 Å². The third-order valence-corrected chi connectivity index (χ3v) is 6.89. The number of amides is 2. The topological polar surface area (TPSA) is 100 Å². The Morgan fingerprint density at radius 1 is 1.22 bits per heavy atom. The maximum atomic E-state index is 13.9. The van der Waals surface area contributed by atoms with E-state index in [1.165, 1.54) is 6.92 Å². The number of aryl methyl sites for hydroxylation is 2. The molecule has 2 N–H and O–H groups in total. The Bertz CT molecular complexity index is 1290. The fourth-order valence-electron chi connectivity index (χ4n) is 5.52. The predicted molar refractivity (Wildman–Crippen MR) is 119 cm³/mol. The van der Waals surface area contributed by atoms with E-state index in [-0.39, 0.29) is 17.6 Å². The number of aromatic nitrogens is 3. The van der Waals surface area contributed by atoms with Crippen LogP contribution in [0.15, 0.2) is 36.7 Å². The highest BCUT2D eigenvalue weighted by atomic mass is 16.2. The van der Waals surface area contributed by atoms with Crippen molar-refractivity contribution in [2.45, 2.75) is 38.6 Å². The van der Waals surface area contributed by atoms with Crippen molar-refractivity contribution in [3.05, 3.63) is 70.3 Å². The molecule has 1 saturated heterocycles. The summed E-state index contributed by atoms with van der Waals surface area (Å²) in [5.74, 6) is -0.406. The van der Waals surface area contributed by atoms with Crippen molar-refractivity contribution in [1.82, 2.24) is 19.7 Å². The number of ketones is 1. The van der Waals surface area contributed by atoms with Crippen LogP contribution in [0.25, 0.3) is 0 Å². The molecule has 1 fully saturated rings. The van der Waals surface area contributed by atoms with Crippen molar-refractivity contribution < 1.29 is 14.4 Å². The molecule has 0 saturated carbocycles. The normalized spacial score (nSPS) is 21.8. The van der Waals surface area contributed by atoms with Crippen molar-refractivity contribution in [2.75, 3.05) is 11.9 Å². The largest absolute Gasteiger partial charge is 0.355 e. The van der Waals surface area contributed by atoms with Gasteiger partial charge in [0.05, 0.1) is 23.5 Å². The first-order valence-corrected chi connectivity index (χ1v) is 10.7. The molecular formula is C24H25N5O3. The first-order valence-electron chi connectivity index (χ1n) is 10.7. The van der Waals surface area contributed by atoms with Crippen molar-refractivity contribution in [3.8, 4) is 0 Å². The Labute approximate surface area is 185 Å². The van der Waals surface area contributed by atoms with Gasteiger partial charge in [0.1, 0.15) is 5.41 Å². The van der Waals surface area contributed by atoms with E-state index >= 15 is 0 Å². The van der Waals surface area contributed by atoms with Gasteiger partial charge in [-0.1, -0.05) is 18.2 Å². The van der Waals surface area contributed by atoms with Gasteiger partial charge in [0.15, 0.2) is 5.78 Å². The molecule has 3 aromatic rings. The number of carbonyl (C=O) groups excluding carboxylic acids is 3. The minimum Gasteiger partial charge on any atom is -0.355 e. The van der Waals surface area contributed by atoms with Crippen LogP contribution in [0.1, 0.15) is 62.6 Å². The second-order valence-corrected chi connectivity index (χ2v) is 8.75. The molecule has 2 aliphatic rings. The zero-order valence-corrected chi connectivity index (χ0v) is 18.5. The van der Waals surface area contributed by atoms with Gasteiger partial charge in [0, 0.05) is 43.7 Å². The molecule has 2 amide bonds. The van der Waals surface area contributed by atoms with Gasteiger partial charge >= 0.3 is 0 Å². The number of H-pyrrole nitrogens is 1. The molecule has 2 unspecified atom stereocenters. The number of fused-ring (bicyclic) bond motifs is 2. The van der Waals surface area contributed by atoms with Crippen LogP contribution in [0, 0.1) is 13.8 Å². The number of rotatable bonds is 3. The van der Waals surface area contributed by atoms with Crippen LogP contribution in [0.3, 0.4) is 0 Å². The third kappa shape index (κ3) is 2.62. The molecule has 1 spiro atoms. The highest BCUT2D eigenvalue weighted by Crippen LogP contribution is 2.55. The summed E-state index contributed by atoms with van der Waals surface area (Å²) >= 11 is 0. The van der Waals surface area contributed by atoms with Crippen molar-refractivity contribution in [3.63, 3.8) is 0 Å². The summed E-state index contributed by atoms with van der Waals surface area (Å²) in [4.78, 5) is 44.2. The fraction of sp³-hybridized carbons (Fsp3) is 0.333. The van der Waals surface area contributed by atoms with Gasteiger partial charge in [-0.15, -0.1) is 0 Å². The SMILES string of the molecule is CC(=O)c1[nH]c(C)c(C(=O)N2CCC3(C(=O)Nc4ccccc43)C2c2cnn(C)c2)c1C. The monoisotopic (exact) mass is 431 g/mol. The Morgan fingerprint density at radius 3 is 2.62 bits per heavy atom. The molecule has 2 atom stereocenters. The zero-order chi connectivity index (χ0) is 22.8. The van der Waals surface area contributed by atoms with Crippen molar-refractivity contribution >= 4 is 23.3 Å². The molecule has 8 nitrogen and oxygen atoms in total. The van der Waals surface area contributed by atoms with E-state index in [1.54, 1.807) is 29.6 Å². The number of hydrogen-bond acceptors (Lipinski definition) is 4. The summed E-state index contributed by atoms with van der Waals surface area (Å²) in [6.07, 6.45) is 4.09. The van der Waals surface area contributed by atoms with E-state index < -0.39 is 11.5 Å². The van der Waals surface area contributed by atoms with E-state index in [2.05, 4.69) is 15.4 Å². The molecule has 1 aromatic carbocycles. The zero-order valence-electron chi connectivity index (χ0n) is 18.5. The molecule has 2 aromatic heterocycles. The Kier molecular flexibility index (Phi) is 4.37. The average Bonchev–Trinajstić information content (AvgIpc) is 3.48. The van der Waals surface area contributed by atoms with Crippen LogP contribution in [0.4, 0.5) is 5.69 Å². The number of carbonyl (C=O) groups is 3. The molecule has 0 aliphatic carbocycles. The van der Waals surface area contributed by atoms with Crippen molar-refractivity contribution in [2.24, 2.45) is 7.05 Å². The van der Waals surface area contributed by atoms with E-state index in [1.807, 2.05) is 37.5 Å². The number of benzene rings is 1. The van der Waals surface area contributed by atoms with E-state index in [4.69, 9.17) is 0 Å². The molecule has 5 rings (SSSR count). The summed E-state index contributed by atoms with van der Waals surface area (Å²) in [5.41, 5.74) is 3.84. The van der Waals surface area contributed by atoms with Crippen LogP contribution >= 0.6 is 0 Å². The molecule has 164 valence electrons. The number of likely N-dealkylation sites (tertiary alicyclic amines) is 1. The number of nitrogens with one attached hydrogen (secondary N) is 2. The quantitative estimate of drug-likeness (QED) is 0.623. The predicted octanol–water partition coefficient (Wildman–Crippen LogP) is 3.04. The minimum atomic E-state index is -0.892. The van der Waals surface area contributed by atoms with Gasteiger partial charge < -0.3 is 15.2 Å². The molecule has 2 aliphatic heterocycles. The van der Waals surface area contributed by atoms with Gasteiger partial charge in [0.25, 0.3) is 5.91 Å². The molecule has 8 heteroatoms. The lowest BCUT2D eigenvalue weighted by atomic mass is 9.73. The highest BCUT2D eigenvalue weighted by Gasteiger charge is 2.59. The lowest BCUT2D eigenvalue weighted by Gasteiger charge is -2.33. The van der Waals surface area contributed by atoms with E-state index in [0.29, 0.717) is 35.5 Å². The number of aromatic amines is 1. The maximum absolute atomic E-state index is 13.9. The van der Waals surface area contributed by atoms with Gasteiger partial charge in [0.2, 0.25) is 5.91 Å². The highest BCUT2D eigenvalue weighted by molar-refractivity contribution is 6.09. The summed E-state index contributed by atoms with van der Waals surface area (Å²) in [7, 11) is 1.82. The molecule has 32 heavy (non-hydrogen) atoms. The number of para-hydroxylation sites is 1.